The molecule has 3 rings (SSSR count). The largest absolute Gasteiger partial charge is 0.416 e. The normalized spacial score (nSPS) is 15.7. The highest BCUT2D eigenvalue weighted by Crippen LogP contribution is 2.32. The van der Waals surface area contributed by atoms with E-state index in [1.54, 1.807) is 6.07 Å². The molecule has 1 aromatic carbocycles. The number of amides is 1. The van der Waals surface area contributed by atoms with E-state index in [0.29, 0.717) is 38.0 Å². The van der Waals surface area contributed by atoms with Crippen LogP contribution < -0.4 is 5.32 Å². The maximum atomic E-state index is 13.1. The van der Waals surface area contributed by atoms with Gasteiger partial charge in [0.15, 0.2) is 11.5 Å². The predicted octanol–water partition coefficient (Wildman–Crippen LogP) is 3.53. The van der Waals surface area contributed by atoms with Gasteiger partial charge in [0.25, 0.3) is 0 Å². The van der Waals surface area contributed by atoms with Crippen LogP contribution in [0.2, 0.25) is 0 Å². The highest BCUT2D eigenvalue weighted by Gasteiger charge is 2.32. The number of piperidine rings is 1. The van der Waals surface area contributed by atoms with Crippen LogP contribution in [0, 0.1) is 24.2 Å². The van der Waals surface area contributed by atoms with Crippen molar-refractivity contribution in [2.75, 3.05) is 18.4 Å². The summed E-state index contributed by atoms with van der Waals surface area (Å²) in [5.74, 6) is -0.0819. The van der Waals surface area contributed by atoms with Crippen LogP contribution in [0.3, 0.4) is 0 Å². The van der Waals surface area contributed by atoms with Crippen molar-refractivity contribution in [3.05, 3.63) is 52.7 Å². The van der Waals surface area contributed by atoms with Crippen molar-refractivity contribution >= 4 is 11.7 Å². The Bertz CT molecular complexity index is 913. The number of anilines is 1. The standard InChI is InChI=1S/C20H20F3N5O/c1-13-2-3-14(10-17(13)20(21,22)23)12-28-8-6-15(7-9-28)19(29)25-18-5-4-16(11-24)26-27-18/h2-5,10,15H,6-9,12H2,1H3,(H,25,27,29). The first kappa shape index (κ1) is 20.7. The number of rotatable bonds is 4. The predicted molar refractivity (Wildman–Crippen MR) is 99.6 cm³/mol. The van der Waals surface area contributed by atoms with Crippen molar-refractivity contribution in [3.63, 3.8) is 0 Å². The van der Waals surface area contributed by atoms with Crippen LogP contribution in [0.1, 0.15) is 35.2 Å². The zero-order chi connectivity index (χ0) is 21.0. The SMILES string of the molecule is Cc1ccc(CN2CCC(C(=O)Nc3ccc(C#N)nn3)CC2)cc1C(F)(F)F. The summed E-state index contributed by atoms with van der Waals surface area (Å²) >= 11 is 0. The number of likely N-dealkylation sites (tertiary alicyclic amines) is 1. The number of alkyl halides is 3. The molecule has 152 valence electrons. The highest BCUT2D eigenvalue weighted by atomic mass is 19.4. The molecule has 2 heterocycles. The van der Waals surface area contributed by atoms with Crippen LogP contribution in [0.15, 0.2) is 30.3 Å². The lowest BCUT2D eigenvalue weighted by molar-refractivity contribution is -0.138. The van der Waals surface area contributed by atoms with Crippen LogP contribution in [-0.2, 0) is 17.5 Å². The highest BCUT2D eigenvalue weighted by molar-refractivity contribution is 5.91. The minimum atomic E-state index is -4.36. The molecule has 2 aromatic rings. The Morgan fingerprint density at radius 1 is 1.24 bits per heavy atom. The van der Waals surface area contributed by atoms with Gasteiger partial charge in [0.05, 0.1) is 5.56 Å². The average molecular weight is 403 g/mol. The first-order chi connectivity index (χ1) is 13.8. The van der Waals surface area contributed by atoms with E-state index >= 15 is 0 Å². The van der Waals surface area contributed by atoms with Gasteiger partial charge < -0.3 is 5.32 Å². The maximum Gasteiger partial charge on any atom is 0.416 e. The number of benzene rings is 1. The third-order valence-corrected chi connectivity index (χ3v) is 5.00. The number of carbonyl (C=O) groups is 1. The fraction of sp³-hybridized carbons (Fsp3) is 0.400. The van der Waals surface area contributed by atoms with E-state index in [-0.39, 0.29) is 28.9 Å². The number of nitrogens with zero attached hydrogens (tertiary/aromatic N) is 4. The lowest BCUT2D eigenvalue weighted by Crippen LogP contribution is -2.37. The molecule has 0 unspecified atom stereocenters. The van der Waals surface area contributed by atoms with E-state index in [2.05, 4.69) is 20.4 Å². The van der Waals surface area contributed by atoms with Crippen molar-refractivity contribution in [1.29, 1.82) is 5.26 Å². The van der Waals surface area contributed by atoms with Crippen LogP contribution in [0.25, 0.3) is 0 Å². The molecule has 9 heteroatoms. The minimum absolute atomic E-state index is 0.168. The van der Waals surface area contributed by atoms with Gasteiger partial charge in [0.1, 0.15) is 6.07 Å². The third-order valence-electron chi connectivity index (χ3n) is 5.00. The Morgan fingerprint density at radius 3 is 2.55 bits per heavy atom. The first-order valence-corrected chi connectivity index (χ1v) is 9.20. The van der Waals surface area contributed by atoms with Gasteiger partial charge in [-0.1, -0.05) is 12.1 Å². The summed E-state index contributed by atoms with van der Waals surface area (Å²) in [6, 6.07) is 9.27. The minimum Gasteiger partial charge on any atom is -0.309 e. The summed E-state index contributed by atoms with van der Waals surface area (Å²) in [5.41, 5.74) is 0.384. The molecule has 1 aliphatic heterocycles. The molecule has 0 saturated carbocycles. The van der Waals surface area contributed by atoms with Gasteiger partial charge in [0, 0.05) is 12.5 Å². The fourth-order valence-corrected chi connectivity index (χ4v) is 3.37. The van der Waals surface area contributed by atoms with Crippen molar-refractivity contribution in [3.8, 4) is 6.07 Å². The van der Waals surface area contributed by atoms with Crippen LogP contribution >= 0.6 is 0 Å². The van der Waals surface area contributed by atoms with Crippen molar-refractivity contribution in [2.24, 2.45) is 5.92 Å². The molecule has 1 amide bonds. The van der Waals surface area contributed by atoms with Gasteiger partial charge in [-0.05, 0) is 62.2 Å². The number of halogens is 3. The number of nitriles is 1. The van der Waals surface area contributed by atoms with E-state index < -0.39 is 11.7 Å². The average Bonchev–Trinajstić information content (AvgIpc) is 2.69. The van der Waals surface area contributed by atoms with E-state index in [9.17, 15) is 18.0 Å². The lowest BCUT2D eigenvalue weighted by atomic mass is 9.95. The van der Waals surface area contributed by atoms with E-state index in [4.69, 9.17) is 5.26 Å². The number of aromatic nitrogens is 2. The van der Waals surface area contributed by atoms with Gasteiger partial charge in [-0.2, -0.15) is 18.4 Å². The van der Waals surface area contributed by atoms with Crippen molar-refractivity contribution in [2.45, 2.75) is 32.5 Å². The quantitative estimate of drug-likeness (QED) is 0.845. The fourth-order valence-electron chi connectivity index (χ4n) is 3.37. The Labute approximate surface area is 166 Å². The topological polar surface area (TPSA) is 81.9 Å². The van der Waals surface area contributed by atoms with Gasteiger partial charge >= 0.3 is 6.18 Å². The second-order valence-corrected chi connectivity index (χ2v) is 7.10. The second kappa shape index (κ2) is 8.57. The molecule has 0 spiro atoms. The second-order valence-electron chi connectivity index (χ2n) is 7.10. The molecule has 1 aromatic heterocycles. The molecule has 0 atom stereocenters. The van der Waals surface area contributed by atoms with E-state index in [1.165, 1.54) is 31.2 Å². The Hall–Kier alpha value is -2.99. The number of hydrogen-bond donors (Lipinski definition) is 1. The molecule has 0 aliphatic carbocycles. The third kappa shape index (κ3) is 5.29. The summed E-state index contributed by atoms with van der Waals surface area (Å²) in [4.78, 5) is 14.4. The Kier molecular flexibility index (Phi) is 6.13. The van der Waals surface area contributed by atoms with Gasteiger partial charge in [-0.15, -0.1) is 10.2 Å². The first-order valence-electron chi connectivity index (χ1n) is 9.20. The smallest absolute Gasteiger partial charge is 0.309 e. The maximum absolute atomic E-state index is 13.1. The van der Waals surface area contributed by atoms with Gasteiger partial charge in [0.2, 0.25) is 5.91 Å². The van der Waals surface area contributed by atoms with Crippen LogP contribution in [0.5, 0.6) is 0 Å². The summed E-state index contributed by atoms with van der Waals surface area (Å²) in [7, 11) is 0. The lowest BCUT2D eigenvalue weighted by Gasteiger charge is -2.31. The van der Waals surface area contributed by atoms with Crippen LogP contribution in [0.4, 0.5) is 19.0 Å². The van der Waals surface area contributed by atoms with Crippen LogP contribution in [-0.4, -0.2) is 34.1 Å². The van der Waals surface area contributed by atoms with E-state index in [1.807, 2.05) is 6.07 Å². The summed E-state index contributed by atoms with van der Waals surface area (Å²) in [6.45, 7) is 3.10. The zero-order valence-corrected chi connectivity index (χ0v) is 15.8. The number of carbonyl (C=O) groups excluding carboxylic acids is 1. The molecular formula is C20H20F3N5O. The van der Waals surface area contributed by atoms with Gasteiger partial charge in [-0.25, -0.2) is 0 Å². The molecule has 1 N–H and O–H groups in total. The van der Waals surface area contributed by atoms with Crippen molar-refractivity contribution in [1.82, 2.24) is 15.1 Å². The molecule has 1 aliphatic rings. The molecule has 1 saturated heterocycles. The Balaban J connectivity index is 1.54. The molecule has 0 radical (unpaired) electrons. The summed E-state index contributed by atoms with van der Waals surface area (Å²) in [6.07, 6.45) is -3.15. The zero-order valence-electron chi connectivity index (χ0n) is 15.8. The number of hydrogen-bond acceptors (Lipinski definition) is 5. The van der Waals surface area contributed by atoms with Crippen molar-refractivity contribution < 1.29 is 18.0 Å². The molecular weight excluding hydrogens is 383 g/mol. The summed E-state index contributed by atoms with van der Waals surface area (Å²) < 4.78 is 39.3. The summed E-state index contributed by atoms with van der Waals surface area (Å²) in [5, 5.41) is 18.9. The molecule has 0 bridgehead atoms. The van der Waals surface area contributed by atoms with E-state index in [0.717, 1.165) is 0 Å². The number of aryl methyl sites for hydroxylation is 1. The molecule has 1 fully saturated rings. The number of nitrogens with one attached hydrogen (secondary N) is 1. The molecule has 29 heavy (non-hydrogen) atoms. The molecule has 6 nitrogen and oxygen atoms in total. The van der Waals surface area contributed by atoms with Gasteiger partial charge in [-0.3, -0.25) is 9.69 Å². The monoisotopic (exact) mass is 403 g/mol. The Morgan fingerprint density at radius 2 is 1.97 bits per heavy atom.